The van der Waals surface area contributed by atoms with Crippen LogP contribution in [-0.4, -0.2) is 109 Å². The van der Waals surface area contributed by atoms with E-state index in [1.807, 2.05) is 37.3 Å². The molecule has 6 aromatic rings. The number of carbonyl (C=O) groups is 5. The maximum atomic E-state index is 14.3. The molecular formula is C56H50O15S. The summed E-state index contributed by atoms with van der Waals surface area (Å²) >= 11 is 1.25. The molecule has 370 valence electrons. The molecule has 16 heteroatoms. The van der Waals surface area contributed by atoms with Crippen LogP contribution in [0, 0.1) is 0 Å². The van der Waals surface area contributed by atoms with Crippen molar-refractivity contribution in [1.82, 2.24) is 0 Å². The molecule has 0 aromatic heterocycles. The van der Waals surface area contributed by atoms with Crippen molar-refractivity contribution in [2.24, 2.45) is 0 Å². The number of benzene rings is 6. The van der Waals surface area contributed by atoms with Gasteiger partial charge in [-0.3, -0.25) is 0 Å². The maximum Gasteiger partial charge on any atom is 0.338 e. The number of carbonyl (C=O) groups excluding carboxylic acids is 5. The third kappa shape index (κ3) is 11.9. The molecule has 0 aliphatic carbocycles. The number of fused-ring (bicyclic) bond motifs is 1. The summed E-state index contributed by atoms with van der Waals surface area (Å²) in [6, 6.07) is 50.2. The van der Waals surface area contributed by atoms with Gasteiger partial charge >= 0.3 is 29.8 Å². The highest BCUT2D eigenvalue weighted by Crippen LogP contribution is 2.41. The average molecular weight is 995 g/mol. The predicted octanol–water partition coefficient (Wildman–Crippen LogP) is 8.45. The molecule has 0 radical (unpaired) electrons. The molecule has 3 saturated heterocycles. The van der Waals surface area contributed by atoms with E-state index in [2.05, 4.69) is 0 Å². The van der Waals surface area contributed by atoms with Gasteiger partial charge in [-0.25, -0.2) is 24.0 Å². The summed E-state index contributed by atoms with van der Waals surface area (Å²) in [4.78, 5) is 70.6. The van der Waals surface area contributed by atoms with Gasteiger partial charge in [0.25, 0.3) is 0 Å². The molecule has 0 N–H and O–H groups in total. The van der Waals surface area contributed by atoms with Crippen LogP contribution < -0.4 is 0 Å². The zero-order valence-corrected chi connectivity index (χ0v) is 39.6. The highest BCUT2D eigenvalue weighted by molar-refractivity contribution is 7.99. The number of rotatable bonds is 16. The van der Waals surface area contributed by atoms with Crippen molar-refractivity contribution in [3.8, 4) is 0 Å². The molecule has 3 heterocycles. The molecular weight excluding hydrogens is 945 g/mol. The van der Waals surface area contributed by atoms with E-state index in [-0.39, 0.29) is 34.4 Å². The van der Waals surface area contributed by atoms with E-state index in [4.69, 9.17) is 47.4 Å². The van der Waals surface area contributed by atoms with Crippen LogP contribution in [0.4, 0.5) is 0 Å². The van der Waals surface area contributed by atoms with E-state index < -0.39 is 103 Å². The lowest BCUT2D eigenvalue weighted by molar-refractivity contribution is -0.375. The average Bonchev–Trinajstić information content (AvgIpc) is 3.43. The third-order valence-electron chi connectivity index (χ3n) is 12.0. The highest BCUT2D eigenvalue weighted by atomic mass is 32.2. The number of esters is 5. The van der Waals surface area contributed by atoms with Gasteiger partial charge in [0.15, 0.2) is 37.0 Å². The van der Waals surface area contributed by atoms with Gasteiger partial charge in [0.1, 0.15) is 36.5 Å². The SMILES string of the molecule is CCS[C@@H]1O[C@@H](COC(=O)c2ccccc2)[C@@H](O[C@H]2O[C@H]3COC(c4ccccc4)O[C@H]3C(OC(=O)c3ccccc3)C2OC(=O)c2ccccc2)C(OC(=O)c2ccccc2)C1OC(=O)c1ccccc1. The van der Waals surface area contributed by atoms with Crippen molar-refractivity contribution in [2.45, 2.75) is 73.8 Å². The first kappa shape index (κ1) is 49.8. The molecule has 9 rings (SSSR count). The van der Waals surface area contributed by atoms with E-state index in [1.54, 1.807) is 152 Å². The molecule has 6 aromatic carbocycles. The number of hydrogen-bond acceptors (Lipinski definition) is 16. The van der Waals surface area contributed by atoms with Gasteiger partial charge in [-0.2, -0.15) is 0 Å². The first-order valence-electron chi connectivity index (χ1n) is 23.4. The van der Waals surface area contributed by atoms with E-state index in [9.17, 15) is 24.0 Å². The number of hydrogen-bond donors (Lipinski definition) is 0. The first-order valence-corrected chi connectivity index (χ1v) is 24.4. The quantitative estimate of drug-likeness (QED) is 0.0666. The molecule has 0 saturated carbocycles. The van der Waals surface area contributed by atoms with Crippen molar-refractivity contribution in [3.05, 3.63) is 215 Å². The second-order valence-corrected chi connectivity index (χ2v) is 18.1. The molecule has 0 amide bonds. The van der Waals surface area contributed by atoms with Gasteiger partial charge in [0.2, 0.25) is 0 Å². The minimum Gasteiger partial charge on any atom is -0.459 e. The van der Waals surface area contributed by atoms with E-state index in [1.165, 1.54) is 11.8 Å². The monoisotopic (exact) mass is 994 g/mol. The van der Waals surface area contributed by atoms with E-state index in [0.717, 1.165) is 0 Å². The van der Waals surface area contributed by atoms with Gasteiger partial charge in [-0.1, -0.05) is 128 Å². The highest BCUT2D eigenvalue weighted by Gasteiger charge is 2.58. The summed E-state index contributed by atoms with van der Waals surface area (Å²) in [6.45, 7) is 1.26. The Morgan fingerprint density at radius 2 is 0.889 bits per heavy atom. The van der Waals surface area contributed by atoms with Crippen LogP contribution in [-0.2, 0) is 47.4 Å². The molecule has 15 nitrogen and oxygen atoms in total. The Bertz CT molecular complexity index is 2740. The summed E-state index contributed by atoms with van der Waals surface area (Å²) in [7, 11) is 0. The Morgan fingerprint density at radius 1 is 0.472 bits per heavy atom. The summed E-state index contributed by atoms with van der Waals surface area (Å²) in [5, 5.41) is 0. The Balaban J connectivity index is 1.15. The lowest BCUT2D eigenvalue weighted by Gasteiger charge is -2.50. The van der Waals surface area contributed by atoms with Crippen LogP contribution in [0.3, 0.4) is 0 Å². The van der Waals surface area contributed by atoms with Crippen LogP contribution in [0.15, 0.2) is 182 Å². The second-order valence-electron chi connectivity index (χ2n) is 16.7. The molecule has 3 aliphatic rings. The lowest BCUT2D eigenvalue weighted by Crippen LogP contribution is -2.67. The normalized spacial score (nSPS) is 25.7. The minimum atomic E-state index is -1.70. The summed E-state index contributed by atoms with van der Waals surface area (Å²) in [6.07, 6.45) is -13.7. The van der Waals surface area contributed by atoms with Gasteiger partial charge in [-0.05, 0) is 66.4 Å². The maximum absolute atomic E-state index is 14.3. The summed E-state index contributed by atoms with van der Waals surface area (Å²) < 4.78 is 64.6. The molecule has 5 unspecified atom stereocenters. The molecule has 0 bridgehead atoms. The van der Waals surface area contributed by atoms with Crippen LogP contribution in [0.1, 0.15) is 70.6 Å². The lowest BCUT2D eigenvalue weighted by atomic mass is 9.95. The Hall–Kier alpha value is -7.18. The number of ether oxygens (including phenoxy) is 10. The second kappa shape index (κ2) is 23.8. The van der Waals surface area contributed by atoms with Crippen molar-refractivity contribution in [3.63, 3.8) is 0 Å². The largest absolute Gasteiger partial charge is 0.459 e. The van der Waals surface area contributed by atoms with Gasteiger partial charge in [0, 0.05) is 5.56 Å². The van der Waals surface area contributed by atoms with Crippen LogP contribution >= 0.6 is 11.8 Å². The zero-order chi connectivity index (χ0) is 49.8. The molecule has 3 fully saturated rings. The molecule has 3 aliphatic heterocycles. The fraction of sp³-hybridized carbons (Fsp3) is 0.268. The molecule has 0 spiro atoms. The smallest absolute Gasteiger partial charge is 0.338 e. The predicted molar refractivity (Wildman–Crippen MR) is 260 cm³/mol. The summed E-state index contributed by atoms with van der Waals surface area (Å²) in [5.41, 5.74) is 0.568. The standard InChI is InChI=1S/C56H50O15S/c1-2-72-56-48(69-53(61)39-29-17-7-18-30-39)46(67-51(59)37-25-13-5-14-26-37)44(42(65-56)33-62-49(57)35-21-9-3-10-22-35)71-55-47(68-52(60)38-27-15-6-16-28-38)45(66-50(58)36-23-11-4-12-24-36)43-41(64-55)34-63-54(70-43)40-31-19-8-20-32-40/h3-32,41-48,54-56H,2,33-34H2,1H3/t41-,42-,43+,44+,45?,46?,47?,48?,54?,55+,56-/m0/s1. The Morgan fingerprint density at radius 3 is 1.36 bits per heavy atom. The molecule has 11 atom stereocenters. The van der Waals surface area contributed by atoms with Gasteiger partial charge in [-0.15, -0.1) is 11.8 Å². The Labute approximate surface area is 419 Å². The molecule has 72 heavy (non-hydrogen) atoms. The zero-order valence-electron chi connectivity index (χ0n) is 38.8. The first-order chi connectivity index (χ1) is 35.2. The van der Waals surface area contributed by atoms with E-state index >= 15 is 0 Å². The minimum absolute atomic E-state index is 0.124. The topological polar surface area (TPSA) is 178 Å². The van der Waals surface area contributed by atoms with Gasteiger partial charge < -0.3 is 47.4 Å². The van der Waals surface area contributed by atoms with Crippen LogP contribution in [0.25, 0.3) is 0 Å². The number of thioether (sulfide) groups is 1. The van der Waals surface area contributed by atoms with Crippen molar-refractivity contribution >= 4 is 41.6 Å². The third-order valence-corrected chi connectivity index (χ3v) is 13.0. The van der Waals surface area contributed by atoms with Gasteiger partial charge in [0.05, 0.1) is 34.4 Å². The fourth-order valence-electron chi connectivity index (χ4n) is 8.46. The van der Waals surface area contributed by atoms with Crippen LogP contribution in [0.5, 0.6) is 0 Å². The fourth-order valence-corrected chi connectivity index (χ4v) is 9.41. The van der Waals surface area contributed by atoms with E-state index in [0.29, 0.717) is 11.3 Å². The summed E-state index contributed by atoms with van der Waals surface area (Å²) in [5.74, 6) is -3.45. The van der Waals surface area contributed by atoms with Crippen molar-refractivity contribution < 1.29 is 71.3 Å². The van der Waals surface area contributed by atoms with Crippen molar-refractivity contribution in [1.29, 1.82) is 0 Å². The Kier molecular flexibility index (Phi) is 16.5. The van der Waals surface area contributed by atoms with Crippen LogP contribution in [0.2, 0.25) is 0 Å². The van der Waals surface area contributed by atoms with Crippen molar-refractivity contribution in [2.75, 3.05) is 19.0 Å².